The van der Waals surface area contributed by atoms with Crippen LogP contribution >= 0.6 is 11.3 Å². The van der Waals surface area contributed by atoms with Crippen LogP contribution in [0.15, 0.2) is 5.38 Å². The normalized spacial score (nSPS) is 30.0. The number of nitrogens with zero attached hydrogens (tertiary/aromatic N) is 1. The van der Waals surface area contributed by atoms with E-state index in [1.165, 1.54) is 18.4 Å². The summed E-state index contributed by atoms with van der Waals surface area (Å²) in [5.74, 6) is -0.660. The van der Waals surface area contributed by atoms with Crippen molar-refractivity contribution in [2.45, 2.75) is 49.8 Å². The first kappa shape index (κ1) is 17.0. The quantitative estimate of drug-likeness (QED) is 0.347. The van der Waals surface area contributed by atoms with Crippen molar-refractivity contribution in [3.05, 3.63) is 11.1 Å². The molecule has 4 atom stereocenters. The second-order valence-corrected chi connectivity index (χ2v) is 7.06. The summed E-state index contributed by atoms with van der Waals surface area (Å²) < 4.78 is 5.09. The largest absolute Gasteiger partial charge is 0.371 e. The molecule has 3 rings (SSSR count). The molecule has 9 heteroatoms. The number of aromatic nitrogens is 1. The summed E-state index contributed by atoms with van der Waals surface area (Å²) in [4.78, 5) is 27.7. The Kier molecular flexibility index (Phi) is 4.93. The van der Waals surface area contributed by atoms with Gasteiger partial charge >= 0.3 is 0 Å². The summed E-state index contributed by atoms with van der Waals surface area (Å²) in [6, 6.07) is -0.356. The Balaban J connectivity index is 1.60. The Hall–Kier alpha value is -1.84. The Bertz CT molecular complexity index is 661. The zero-order valence-corrected chi connectivity index (χ0v) is 14.2. The molecule has 2 saturated carbocycles. The number of hydrogen-bond acceptors (Lipinski definition) is 7. The van der Waals surface area contributed by atoms with Gasteiger partial charge in [0.15, 0.2) is 11.1 Å². The predicted molar refractivity (Wildman–Crippen MR) is 90.4 cm³/mol. The number of ether oxygens (including phenoxy) is 1. The summed E-state index contributed by atoms with van der Waals surface area (Å²) in [6.07, 6.45) is 3.24. The van der Waals surface area contributed by atoms with E-state index in [0.717, 1.165) is 31.4 Å². The van der Waals surface area contributed by atoms with Gasteiger partial charge in [-0.25, -0.2) is 4.98 Å². The van der Waals surface area contributed by atoms with Crippen LogP contribution in [0, 0.1) is 5.41 Å². The average Bonchev–Trinajstić information content (AvgIpc) is 3.02. The molecule has 1 heterocycles. The lowest BCUT2D eigenvalue weighted by Crippen LogP contribution is -2.66. The summed E-state index contributed by atoms with van der Waals surface area (Å²) in [7, 11) is 1.45. The van der Waals surface area contributed by atoms with E-state index in [1.807, 2.05) is 5.38 Å². The van der Waals surface area contributed by atoms with E-state index < -0.39 is 17.9 Å². The van der Waals surface area contributed by atoms with Crippen molar-refractivity contribution in [3.8, 4) is 0 Å². The number of methoxy groups -OCH3 is 1. The van der Waals surface area contributed by atoms with E-state index in [1.54, 1.807) is 0 Å². The van der Waals surface area contributed by atoms with Crippen molar-refractivity contribution in [2.24, 2.45) is 5.73 Å². The van der Waals surface area contributed by atoms with Gasteiger partial charge in [0.1, 0.15) is 12.1 Å². The highest BCUT2D eigenvalue weighted by atomic mass is 32.1. The van der Waals surface area contributed by atoms with E-state index in [0.29, 0.717) is 11.0 Å². The molecule has 5 N–H and O–H groups in total. The molecule has 1 aromatic rings. The molecule has 24 heavy (non-hydrogen) atoms. The molecule has 0 saturated heterocycles. The Morgan fingerprint density at radius 1 is 1.42 bits per heavy atom. The van der Waals surface area contributed by atoms with Gasteiger partial charge in [-0.15, -0.1) is 11.3 Å². The molecule has 4 unspecified atom stereocenters. The molecule has 0 amide bonds. The molecular formula is C15H21N5O3S. The first-order valence-electron chi connectivity index (χ1n) is 7.93. The van der Waals surface area contributed by atoms with Gasteiger partial charge in [0, 0.05) is 24.4 Å². The minimum atomic E-state index is -0.650. The number of Topliss-reactive ketones (excluding diaryl/α,β-unsaturated/α-hetero) is 2. The first-order chi connectivity index (χ1) is 11.5. The molecule has 0 bridgehead atoms. The van der Waals surface area contributed by atoms with Crippen LogP contribution in [0.4, 0.5) is 5.13 Å². The first-order valence-corrected chi connectivity index (χ1v) is 8.81. The second kappa shape index (κ2) is 6.96. The van der Waals surface area contributed by atoms with Gasteiger partial charge in [-0.2, -0.15) is 0 Å². The van der Waals surface area contributed by atoms with Crippen LogP contribution in [0.3, 0.4) is 0 Å². The number of hydrogen-bond donors (Lipinski definition) is 4. The van der Waals surface area contributed by atoms with Crippen LogP contribution in [0.25, 0.3) is 0 Å². The fourth-order valence-electron chi connectivity index (χ4n) is 3.40. The minimum absolute atomic E-state index is 0.127. The lowest BCUT2D eigenvalue weighted by molar-refractivity contribution is -0.157. The lowest BCUT2D eigenvalue weighted by atomic mass is 9.80. The molecule has 1 aromatic heterocycles. The maximum Gasteiger partial charge on any atom is 0.230 e. The van der Waals surface area contributed by atoms with E-state index in [4.69, 9.17) is 15.9 Å². The zero-order valence-electron chi connectivity index (χ0n) is 13.4. The topological polar surface area (TPSA) is 130 Å². The number of ketones is 2. The van der Waals surface area contributed by atoms with Crippen LogP contribution in [0.1, 0.15) is 37.3 Å². The molecule has 0 aliphatic heterocycles. The van der Waals surface area contributed by atoms with Gasteiger partial charge in [-0.1, -0.05) is 6.42 Å². The second-order valence-electron chi connectivity index (χ2n) is 6.21. The highest BCUT2D eigenvalue weighted by molar-refractivity contribution is 7.13. The molecule has 0 aromatic carbocycles. The predicted octanol–water partition coefficient (Wildman–Crippen LogP) is 0.600. The van der Waals surface area contributed by atoms with Crippen LogP contribution in [0.5, 0.6) is 0 Å². The summed E-state index contributed by atoms with van der Waals surface area (Å²) in [5.41, 5.74) is 6.30. The highest BCUT2D eigenvalue weighted by Crippen LogP contribution is 2.35. The maximum atomic E-state index is 11.7. The van der Waals surface area contributed by atoms with E-state index in [9.17, 15) is 9.59 Å². The Morgan fingerprint density at radius 3 is 2.92 bits per heavy atom. The number of rotatable bonds is 5. The number of nitrogens with two attached hydrogens (primary N) is 1. The molecule has 2 aliphatic carbocycles. The van der Waals surface area contributed by atoms with Crippen molar-refractivity contribution in [3.63, 3.8) is 0 Å². The maximum absolute atomic E-state index is 11.7. The van der Waals surface area contributed by atoms with Crippen molar-refractivity contribution in [2.75, 3.05) is 12.4 Å². The third-order valence-corrected chi connectivity index (χ3v) is 5.39. The number of thiazole rings is 1. The molecular weight excluding hydrogens is 330 g/mol. The van der Waals surface area contributed by atoms with Crippen molar-refractivity contribution < 1.29 is 14.3 Å². The van der Waals surface area contributed by atoms with Gasteiger partial charge in [-0.3, -0.25) is 15.0 Å². The van der Waals surface area contributed by atoms with Crippen molar-refractivity contribution >= 4 is 34.0 Å². The van der Waals surface area contributed by atoms with E-state index in [-0.39, 0.29) is 17.8 Å². The number of anilines is 1. The van der Waals surface area contributed by atoms with Gasteiger partial charge in [-0.05, 0) is 19.3 Å². The van der Waals surface area contributed by atoms with Gasteiger partial charge in [0.2, 0.25) is 11.6 Å². The summed E-state index contributed by atoms with van der Waals surface area (Å²) in [5, 5.41) is 15.8. The van der Waals surface area contributed by atoms with E-state index in [2.05, 4.69) is 15.6 Å². The van der Waals surface area contributed by atoms with Gasteiger partial charge in [0.05, 0.1) is 5.69 Å². The van der Waals surface area contributed by atoms with Crippen molar-refractivity contribution in [1.82, 2.24) is 10.3 Å². The molecule has 0 spiro atoms. The van der Waals surface area contributed by atoms with Crippen LogP contribution in [-0.4, -0.2) is 47.8 Å². The molecule has 2 aliphatic rings. The molecule has 0 radical (unpaired) electrons. The number of carbonyl (C=O) groups excluding carboxylic acids is 2. The van der Waals surface area contributed by atoms with Crippen LogP contribution in [-0.2, 0) is 14.3 Å². The highest BCUT2D eigenvalue weighted by Gasteiger charge is 2.50. The lowest BCUT2D eigenvalue weighted by Gasteiger charge is -2.38. The SMILES string of the molecule is COC1C(=O)C(=O)C1NC1CCCC(c2csc(NC(=N)N)n2)C1. The molecule has 2 fully saturated rings. The fourth-order valence-corrected chi connectivity index (χ4v) is 4.21. The minimum Gasteiger partial charge on any atom is -0.371 e. The average molecular weight is 351 g/mol. The molecule has 130 valence electrons. The van der Waals surface area contributed by atoms with E-state index >= 15 is 0 Å². The smallest absolute Gasteiger partial charge is 0.230 e. The Morgan fingerprint density at radius 2 is 2.21 bits per heavy atom. The number of nitrogens with one attached hydrogen (secondary N) is 3. The third kappa shape index (κ3) is 3.33. The monoisotopic (exact) mass is 351 g/mol. The van der Waals surface area contributed by atoms with Crippen LogP contribution < -0.4 is 16.4 Å². The number of guanidine groups is 1. The third-order valence-electron chi connectivity index (χ3n) is 4.61. The fraction of sp³-hybridized carbons (Fsp3) is 0.600. The Labute approximate surface area is 143 Å². The standard InChI is InChI=1S/C15H21N5O3S/c1-23-13-10(11(21)12(13)22)18-8-4-2-3-7(5-8)9-6-24-15(19-9)20-14(16)17/h6-8,10,13,18H,2-5H2,1H3,(H4,16,17,19,20). The van der Waals surface area contributed by atoms with Crippen molar-refractivity contribution in [1.29, 1.82) is 5.41 Å². The summed E-state index contributed by atoms with van der Waals surface area (Å²) >= 11 is 1.42. The zero-order chi connectivity index (χ0) is 17.3. The van der Waals surface area contributed by atoms with Gasteiger partial charge in [0.25, 0.3) is 0 Å². The van der Waals surface area contributed by atoms with Crippen LogP contribution in [0.2, 0.25) is 0 Å². The number of carbonyl (C=O) groups is 2. The molecule has 8 nitrogen and oxygen atoms in total. The van der Waals surface area contributed by atoms with Gasteiger partial charge < -0.3 is 21.1 Å². The summed E-state index contributed by atoms with van der Waals surface area (Å²) in [6.45, 7) is 0.